The Labute approximate surface area is 119 Å². The molecule has 2 rings (SSSR count). The van der Waals surface area contributed by atoms with E-state index in [-0.39, 0.29) is 0 Å². The molecule has 19 heavy (non-hydrogen) atoms. The number of nitrogens with zero attached hydrogens (tertiary/aromatic N) is 2. The number of pyridine rings is 1. The smallest absolute Gasteiger partial charge is 0.0656 e. The first-order chi connectivity index (χ1) is 9.11. The maximum Gasteiger partial charge on any atom is 0.0656 e. The van der Waals surface area contributed by atoms with Crippen molar-refractivity contribution in [3.8, 4) is 0 Å². The highest BCUT2D eigenvalue weighted by atomic mass is 35.5. The summed E-state index contributed by atoms with van der Waals surface area (Å²) in [5, 5.41) is 0.605. The molecule has 2 aromatic rings. The van der Waals surface area contributed by atoms with Crippen molar-refractivity contribution in [1.82, 2.24) is 4.98 Å². The molecule has 0 radical (unpaired) electrons. The Bertz CT molecular complexity index is 555. The molecule has 1 heterocycles. The van der Waals surface area contributed by atoms with Crippen LogP contribution in [0.3, 0.4) is 0 Å². The normalized spacial score (nSPS) is 10.5. The summed E-state index contributed by atoms with van der Waals surface area (Å²) in [6, 6.07) is 7.91. The van der Waals surface area contributed by atoms with E-state index in [1.54, 1.807) is 0 Å². The number of halogens is 1. The topological polar surface area (TPSA) is 42.2 Å². The predicted molar refractivity (Wildman–Crippen MR) is 81.6 cm³/mol. The van der Waals surface area contributed by atoms with E-state index in [4.69, 9.17) is 17.3 Å². The van der Waals surface area contributed by atoms with Gasteiger partial charge in [-0.3, -0.25) is 4.98 Å². The second kappa shape index (κ2) is 5.93. The van der Waals surface area contributed by atoms with Crippen molar-refractivity contribution in [2.24, 2.45) is 0 Å². The summed E-state index contributed by atoms with van der Waals surface area (Å²) in [6.45, 7) is 5.92. The van der Waals surface area contributed by atoms with Crippen LogP contribution in [0.1, 0.15) is 18.1 Å². The lowest BCUT2D eigenvalue weighted by Crippen LogP contribution is -2.23. The minimum absolute atomic E-state index is 0.605. The van der Waals surface area contributed by atoms with E-state index in [1.807, 2.05) is 36.7 Å². The largest absolute Gasteiger partial charge is 0.398 e. The molecule has 0 amide bonds. The molecular weight excluding hydrogens is 258 g/mol. The van der Waals surface area contributed by atoms with Gasteiger partial charge in [-0.15, -0.1) is 0 Å². The van der Waals surface area contributed by atoms with Crippen LogP contribution in [0.15, 0.2) is 36.7 Å². The maximum absolute atomic E-state index is 6.13. The molecule has 100 valence electrons. The van der Waals surface area contributed by atoms with Gasteiger partial charge in [0.2, 0.25) is 0 Å². The fourth-order valence-electron chi connectivity index (χ4n) is 2.11. The Balaban J connectivity index is 2.30. The van der Waals surface area contributed by atoms with E-state index >= 15 is 0 Å². The van der Waals surface area contributed by atoms with E-state index in [2.05, 4.69) is 23.7 Å². The van der Waals surface area contributed by atoms with Crippen molar-refractivity contribution in [3.05, 3.63) is 52.8 Å². The Hall–Kier alpha value is -1.74. The van der Waals surface area contributed by atoms with Crippen LogP contribution in [0, 0.1) is 6.92 Å². The Morgan fingerprint density at radius 2 is 1.95 bits per heavy atom. The van der Waals surface area contributed by atoms with Gasteiger partial charge >= 0.3 is 0 Å². The summed E-state index contributed by atoms with van der Waals surface area (Å²) < 4.78 is 0. The summed E-state index contributed by atoms with van der Waals surface area (Å²) in [5.41, 5.74) is 9.94. The van der Waals surface area contributed by atoms with Gasteiger partial charge in [0.1, 0.15) is 0 Å². The number of hydrogen-bond acceptors (Lipinski definition) is 3. The molecule has 4 heteroatoms. The third-order valence-electron chi connectivity index (χ3n) is 3.16. The molecule has 1 aromatic heterocycles. The van der Waals surface area contributed by atoms with Crippen molar-refractivity contribution in [3.63, 3.8) is 0 Å². The Kier molecular flexibility index (Phi) is 4.27. The molecule has 0 fully saturated rings. The van der Waals surface area contributed by atoms with E-state index in [1.165, 1.54) is 5.56 Å². The van der Waals surface area contributed by atoms with Crippen molar-refractivity contribution >= 4 is 23.0 Å². The molecule has 0 aliphatic heterocycles. The molecule has 0 aliphatic rings. The van der Waals surface area contributed by atoms with Crippen LogP contribution in [0.25, 0.3) is 0 Å². The zero-order valence-electron chi connectivity index (χ0n) is 11.2. The van der Waals surface area contributed by atoms with Crippen molar-refractivity contribution in [1.29, 1.82) is 0 Å². The van der Waals surface area contributed by atoms with Crippen molar-refractivity contribution < 1.29 is 0 Å². The molecule has 0 saturated heterocycles. The van der Waals surface area contributed by atoms with Gasteiger partial charge in [0.15, 0.2) is 0 Å². The molecule has 0 aliphatic carbocycles. The van der Waals surface area contributed by atoms with Crippen molar-refractivity contribution in [2.75, 3.05) is 17.2 Å². The van der Waals surface area contributed by atoms with Gasteiger partial charge in [0.25, 0.3) is 0 Å². The molecule has 0 bridgehead atoms. The first kappa shape index (κ1) is 13.7. The summed E-state index contributed by atoms with van der Waals surface area (Å²) in [6.07, 6.45) is 3.62. The number of nitrogens with two attached hydrogens (primary N) is 1. The average molecular weight is 276 g/mol. The summed E-state index contributed by atoms with van der Waals surface area (Å²) in [5.74, 6) is 0. The fourth-order valence-corrected chi connectivity index (χ4v) is 2.27. The first-order valence-corrected chi connectivity index (χ1v) is 6.69. The Morgan fingerprint density at radius 3 is 2.58 bits per heavy atom. The standard InChI is InChI=1S/C15H18ClN3/c1-3-19(10-12-4-6-18-7-5-12)15-9-13(16)14(17)8-11(15)2/h4-9H,3,10,17H2,1-2H3. The lowest BCUT2D eigenvalue weighted by atomic mass is 10.1. The van der Waals surface area contributed by atoms with E-state index in [0.717, 1.165) is 24.3 Å². The maximum atomic E-state index is 6.13. The second-order valence-electron chi connectivity index (χ2n) is 4.53. The molecule has 0 unspecified atom stereocenters. The highest BCUT2D eigenvalue weighted by molar-refractivity contribution is 6.33. The lowest BCUT2D eigenvalue weighted by molar-refractivity contribution is 0.826. The van der Waals surface area contributed by atoms with E-state index in [0.29, 0.717) is 10.7 Å². The van der Waals surface area contributed by atoms with Gasteiger partial charge in [-0.2, -0.15) is 0 Å². The van der Waals surface area contributed by atoms with Crippen LogP contribution < -0.4 is 10.6 Å². The van der Waals surface area contributed by atoms with Crippen LogP contribution in [0.5, 0.6) is 0 Å². The SMILES string of the molecule is CCN(Cc1ccncc1)c1cc(Cl)c(N)cc1C. The van der Waals surface area contributed by atoms with Gasteiger partial charge in [-0.25, -0.2) is 0 Å². The molecule has 0 saturated carbocycles. The zero-order valence-corrected chi connectivity index (χ0v) is 12.0. The summed E-state index contributed by atoms with van der Waals surface area (Å²) >= 11 is 6.13. The number of anilines is 2. The number of benzene rings is 1. The molecular formula is C15H18ClN3. The van der Waals surface area contributed by atoms with Crippen molar-refractivity contribution in [2.45, 2.75) is 20.4 Å². The highest BCUT2D eigenvalue weighted by Gasteiger charge is 2.10. The Morgan fingerprint density at radius 1 is 1.26 bits per heavy atom. The third-order valence-corrected chi connectivity index (χ3v) is 3.49. The third kappa shape index (κ3) is 3.18. The van der Waals surface area contributed by atoms with E-state index in [9.17, 15) is 0 Å². The van der Waals surface area contributed by atoms with Crippen LogP contribution >= 0.6 is 11.6 Å². The minimum atomic E-state index is 0.605. The highest BCUT2D eigenvalue weighted by Crippen LogP contribution is 2.30. The summed E-state index contributed by atoms with van der Waals surface area (Å²) in [7, 11) is 0. The van der Waals surface area contributed by atoms with Crippen LogP contribution in [-0.2, 0) is 6.54 Å². The molecule has 0 spiro atoms. The average Bonchev–Trinajstić information content (AvgIpc) is 2.42. The van der Waals surface area contributed by atoms with Gasteiger partial charge in [-0.05, 0) is 49.2 Å². The van der Waals surface area contributed by atoms with Crippen LogP contribution in [0.2, 0.25) is 5.02 Å². The van der Waals surface area contributed by atoms with Gasteiger partial charge in [0.05, 0.1) is 10.7 Å². The molecule has 1 aromatic carbocycles. The monoisotopic (exact) mass is 275 g/mol. The summed E-state index contributed by atoms with van der Waals surface area (Å²) in [4.78, 5) is 6.31. The predicted octanol–water partition coefficient (Wildman–Crippen LogP) is 3.65. The first-order valence-electron chi connectivity index (χ1n) is 6.31. The second-order valence-corrected chi connectivity index (χ2v) is 4.94. The van der Waals surface area contributed by atoms with E-state index < -0.39 is 0 Å². The number of aryl methyl sites for hydroxylation is 1. The zero-order chi connectivity index (χ0) is 13.8. The van der Waals surface area contributed by atoms with Crippen LogP contribution in [-0.4, -0.2) is 11.5 Å². The fraction of sp³-hybridized carbons (Fsp3) is 0.267. The van der Waals surface area contributed by atoms with Gasteiger partial charge in [-0.1, -0.05) is 11.6 Å². The molecule has 2 N–H and O–H groups in total. The molecule has 3 nitrogen and oxygen atoms in total. The number of aromatic nitrogens is 1. The quantitative estimate of drug-likeness (QED) is 0.866. The van der Waals surface area contributed by atoms with Gasteiger partial charge in [0, 0.05) is 31.2 Å². The number of rotatable bonds is 4. The number of hydrogen-bond donors (Lipinski definition) is 1. The molecule has 0 atom stereocenters. The van der Waals surface area contributed by atoms with Crippen LogP contribution in [0.4, 0.5) is 11.4 Å². The lowest BCUT2D eigenvalue weighted by Gasteiger charge is -2.25. The van der Waals surface area contributed by atoms with Gasteiger partial charge < -0.3 is 10.6 Å². The number of nitrogen functional groups attached to an aromatic ring is 1. The minimum Gasteiger partial charge on any atom is -0.398 e.